The Morgan fingerprint density at radius 2 is 1.79 bits per heavy atom. The molecule has 0 saturated carbocycles. The van der Waals surface area contributed by atoms with Crippen molar-refractivity contribution in [2.75, 3.05) is 0 Å². The van der Waals surface area contributed by atoms with E-state index in [0.29, 0.717) is 16.7 Å². The molecule has 7 nitrogen and oxygen atoms in total. The van der Waals surface area contributed by atoms with Crippen LogP contribution >= 0.6 is 0 Å². The van der Waals surface area contributed by atoms with E-state index in [1.807, 2.05) is 6.07 Å². The molecular formula is C21H20FN3O4. The molecule has 0 aromatic heterocycles. The molecule has 0 aliphatic rings. The Hall–Kier alpha value is -3.73. The zero-order chi connectivity index (χ0) is 21.4. The molecule has 0 fully saturated rings. The molecular weight excluding hydrogens is 377 g/mol. The number of carbonyl (C=O) groups is 3. The Labute approximate surface area is 167 Å². The first-order valence-corrected chi connectivity index (χ1v) is 8.83. The molecule has 0 radical (unpaired) electrons. The van der Waals surface area contributed by atoms with Crippen molar-refractivity contribution >= 4 is 17.8 Å². The highest BCUT2D eigenvalue weighted by Gasteiger charge is 2.27. The third-order valence-corrected chi connectivity index (χ3v) is 4.20. The summed E-state index contributed by atoms with van der Waals surface area (Å²) in [5.41, 5.74) is 1.26. The van der Waals surface area contributed by atoms with Crippen molar-refractivity contribution in [3.63, 3.8) is 0 Å². The number of carbonyl (C=O) groups excluding carboxylic acids is 2. The van der Waals surface area contributed by atoms with Crippen LogP contribution in [-0.4, -0.2) is 35.0 Å². The summed E-state index contributed by atoms with van der Waals surface area (Å²) in [5.74, 6) is -2.96. The fourth-order valence-corrected chi connectivity index (χ4v) is 2.85. The predicted molar refractivity (Wildman–Crippen MR) is 102 cm³/mol. The van der Waals surface area contributed by atoms with Gasteiger partial charge in [0.1, 0.15) is 17.9 Å². The predicted octanol–water partition coefficient (Wildman–Crippen LogP) is 1.56. The SMILES string of the molecule is CC(=O)N[C@@H](Cc1cccc(F)c1)C(=O)N[C@H](Cc1ccccc1C#N)C(=O)O. The lowest BCUT2D eigenvalue weighted by Crippen LogP contribution is -2.52. The summed E-state index contributed by atoms with van der Waals surface area (Å²) in [5, 5.41) is 23.5. The lowest BCUT2D eigenvalue weighted by atomic mass is 10.00. The highest BCUT2D eigenvalue weighted by molar-refractivity contribution is 5.90. The van der Waals surface area contributed by atoms with E-state index in [0.717, 1.165) is 0 Å². The van der Waals surface area contributed by atoms with E-state index in [1.54, 1.807) is 30.3 Å². The number of nitrogens with zero attached hydrogens (tertiary/aromatic N) is 1. The average molecular weight is 397 g/mol. The molecule has 0 heterocycles. The van der Waals surface area contributed by atoms with Crippen LogP contribution in [0, 0.1) is 17.1 Å². The second-order valence-electron chi connectivity index (χ2n) is 6.46. The van der Waals surface area contributed by atoms with Gasteiger partial charge in [-0.05, 0) is 29.3 Å². The molecule has 3 N–H and O–H groups in total. The second kappa shape index (κ2) is 9.99. The van der Waals surface area contributed by atoms with E-state index in [9.17, 15) is 23.9 Å². The fraction of sp³-hybridized carbons (Fsp3) is 0.238. The fourth-order valence-electron chi connectivity index (χ4n) is 2.85. The van der Waals surface area contributed by atoms with Gasteiger partial charge in [0.2, 0.25) is 11.8 Å². The Kier molecular flexibility index (Phi) is 7.43. The van der Waals surface area contributed by atoms with Crippen LogP contribution in [0.1, 0.15) is 23.6 Å². The van der Waals surface area contributed by atoms with Crippen molar-refractivity contribution in [3.05, 3.63) is 71.0 Å². The van der Waals surface area contributed by atoms with E-state index in [4.69, 9.17) is 5.26 Å². The van der Waals surface area contributed by atoms with Crippen molar-refractivity contribution in [2.24, 2.45) is 0 Å². The molecule has 0 aliphatic heterocycles. The monoisotopic (exact) mass is 397 g/mol. The zero-order valence-electron chi connectivity index (χ0n) is 15.7. The molecule has 0 saturated heterocycles. The van der Waals surface area contributed by atoms with Crippen molar-refractivity contribution in [1.29, 1.82) is 5.26 Å². The minimum Gasteiger partial charge on any atom is -0.480 e. The van der Waals surface area contributed by atoms with Gasteiger partial charge in [-0.25, -0.2) is 9.18 Å². The van der Waals surface area contributed by atoms with Crippen molar-refractivity contribution in [2.45, 2.75) is 31.8 Å². The van der Waals surface area contributed by atoms with Crippen molar-refractivity contribution in [1.82, 2.24) is 10.6 Å². The van der Waals surface area contributed by atoms with Gasteiger partial charge in [-0.2, -0.15) is 5.26 Å². The van der Waals surface area contributed by atoms with Gasteiger partial charge in [0.05, 0.1) is 11.6 Å². The van der Waals surface area contributed by atoms with Gasteiger partial charge in [0, 0.05) is 19.8 Å². The zero-order valence-corrected chi connectivity index (χ0v) is 15.7. The van der Waals surface area contributed by atoms with Gasteiger partial charge < -0.3 is 15.7 Å². The third-order valence-electron chi connectivity index (χ3n) is 4.20. The molecule has 150 valence electrons. The Morgan fingerprint density at radius 3 is 2.41 bits per heavy atom. The number of aliphatic carboxylic acids is 1. The number of nitriles is 1. The lowest BCUT2D eigenvalue weighted by Gasteiger charge is -2.21. The average Bonchev–Trinajstić information content (AvgIpc) is 2.66. The molecule has 2 atom stereocenters. The normalized spacial score (nSPS) is 12.3. The summed E-state index contributed by atoms with van der Waals surface area (Å²) in [6.45, 7) is 1.23. The molecule has 0 bridgehead atoms. The van der Waals surface area contributed by atoms with Crippen LogP contribution in [0.3, 0.4) is 0 Å². The number of carboxylic acids is 1. The first kappa shape index (κ1) is 21.6. The summed E-state index contributed by atoms with van der Waals surface area (Å²) in [6.07, 6.45) is -0.109. The highest BCUT2D eigenvalue weighted by atomic mass is 19.1. The maximum Gasteiger partial charge on any atom is 0.326 e. The Balaban J connectivity index is 2.18. The molecule has 0 aliphatic carbocycles. The Bertz CT molecular complexity index is 955. The number of carboxylic acid groups (broad SMARTS) is 1. The second-order valence-corrected chi connectivity index (χ2v) is 6.46. The molecule has 2 amide bonds. The number of hydrogen-bond donors (Lipinski definition) is 3. The van der Waals surface area contributed by atoms with E-state index < -0.39 is 35.7 Å². The van der Waals surface area contributed by atoms with Crippen LogP contribution in [0.2, 0.25) is 0 Å². The third kappa shape index (κ3) is 6.43. The van der Waals surface area contributed by atoms with Crippen LogP contribution in [0.5, 0.6) is 0 Å². The van der Waals surface area contributed by atoms with Crippen LogP contribution in [0.25, 0.3) is 0 Å². The molecule has 2 aromatic carbocycles. The van der Waals surface area contributed by atoms with Crippen LogP contribution in [0.15, 0.2) is 48.5 Å². The van der Waals surface area contributed by atoms with E-state index in [2.05, 4.69) is 10.6 Å². The van der Waals surface area contributed by atoms with Crippen molar-refractivity contribution in [3.8, 4) is 6.07 Å². The largest absolute Gasteiger partial charge is 0.480 e. The molecule has 0 unspecified atom stereocenters. The minimum atomic E-state index is -1.30. The van der Waals surface area contributed by atoms with Crippen LogP contribution in [-0.2, 0) is 27.2 Å². The summed E-state index contributed by atoms with van der Waals surface area (Å²) in [7, 11) is 0. The van der Waals surface area contributed by atoms with Crippen LogP contribution < -0.4 is 10.6 Å². The number of benzene rings is 2. The molecule has 2 rings (SSSR count). The van der Waals surface area contributed by atoms with E-state index in [-0.39, 0.29) is 12.8 Å². The topological polar surface area (TPSA) is 119 Å². The van der Waals surface area contributed by atoms with Gasteiger partial charge in [-0.3, -0.25) is 9.59 Å². The minimum absolute atomic E-state index is 0.00963. The van der Waals surface area contributed by atoms with Gasteiger partial charge in [0.25, 0.3) is 0 Å². The summed E-state index contributed by atoms with van der Waals surface area (Å²) < 4.78 is 13.4. The lowest BCUT2D eigenvalue weighted by molar-refractivity contribution is -0.142. The summed E-state index contributed by atoms with van der Waals surface area (Å²) >= 11 is 0. The van der Waals surface area contributed by atoms with Gasteiger partial charge >= 0.3 is 5.97 Å². The number of amides is 2. The van der Waals surface area contributed by atoms with Gasteiger partial charge in [-0.1, -0.05) is 30.3 Å². The molecule has 2 aromatic rings. The maximum absolute atomic E-state index is 13.4. The number of hydrogen-bond acceptors (Lipinski definition) is 4. The first-order chi connectivity index (χ1) is 13.8. The smallest absolute Gasteiger partial charge is 0.326 e. The number of rotatable bonds is 8. The highest BCUT2D eigenvalue weighted by Crippen LogP contribution is 2.11. The van der Waals surface area contributed by atoms with Gasteiger partial charge in [-0.15, -0.1) is 0 Å². The molecule has 8 heteroatoms. The van der Waals surface area contributed by atoms with E-state index in [1.165, 1.54) is 25.1 Å². The standard InChI is InChI=1S/C21H20FN3O4/c1-13(26)24-18(10-14-5-4-8-17(22)9-14)20(27)25-19(21(28)29)11-15-6-2-3-7-16(15)12-23/h2-9,18-19H,10-11H2,1H3,(H,24,26)(H,25,27)(H,28,29)/t18-,19+/m0/s1. The van der Waals surface area contributed by atoms with E-state index >= 15 is 0 Å². The molecule has 29 heavy (non-hydrogen) atoms. The summed E-state index contributed by atoms with van der Waals surface area (Å²) in [4.78, 5) is 35.8. The van der Waals surface area contributed by atoms with Crippen molar-refractivity contribution < 1.29 is 23.9 Å². The molecule has 0 spiro atoms. The number of halogens is 1. The quantitative estimate of drug-likeness (QED) is 0.624. The first-order valence-electron chi connectivity index (χ1n) is 8.83. The number of nitrogens with one attached hydrogen (secondary N) is 2. The van der Waals surface area contributed by atoms with Gasteiger partial charge in [0.15, 0.2) is 0 Å². The van der Waals surface area contributed by atoms with Crippen LogP contribution in [0.4, 0.5) is 4.39 Å². The maximum atomic E-state index is 13.4. The Morgan fingerprint density at radius 1 is 1.07 bits per heavy atom. The summed E-state index contributed by atoms with van der Waals surface area (Å²) in [6, 6.07) is 11.7.